The summed E-state index contributed by atoms with van der Waals surface area (Å²) in [5.74, 6) is -0.194. The van der Waals surface area contributed by atoms with Crippen LogP contribution >= 0.6 is 0 Å². The van der Waals surface area contributed by atoms with Crippen molar-refractivity contribution in [3.63, 3.8) is 0 Å². The van der Waals surface area contributed by atoms with E-state index in [1.54, 1.807) is 17.0 Å². The van der Waals surface area contributed by atoms with E-state index in [0.717, 1.165) is 18.4 Å². The summed E-state index contributed by atoms with van der Waals surface area (Å²) in [7, 11) is 0. The molecule has 1 aliphatic carbocycles. The van der Waals surface area contributed by atoms with Gasteiger partial charge in [0.1, 0.15) is 11.4 Å². The van der Waals surface area contributed by atoms with Crippen LogP contribution in [0, 0.1) is 11.2 Å². The molecule has 27 heavy (non-hydrogen) atoms. The van der Waals surface area contributed by atoms with Gasteiger partial charge in [-0.3, -0.25) is 9.69 Å². The molecule has 2 aliphatic rings. The second-order valence-corrected chi connectivity index (χ2v) is 9.20. The van der Waals surface area contributed by atoms with Crippen molar-refractivity contribution in [2.75, 3.05) is 19.6 Å². The first kappa shape index (κ1) is 19.6. The molecule has 0 radical (unpaired) electrons. The summed E-state index contributed by atoms with van der Waals surface area (Å²) in [5.41, 5.74) is -0.879. The zero-order chi connectivity index (χ0) is 20.0. The molecule has 1 heterocycles. The van der Waals surface area contributed by atoms with Gasteiger partial charge in [-0.05, 0) is 58.2 Å². The summed E-state index contributed by atoms with van der Waals surface area (Å²) >= 11 is 0. The van der Waals surface area contributed by atoms with E-state index >= 15 is 0 Å². The Morgan fingerprint density at radius 2 is 1.67 bits per heavy atom. The van der Waals surface area contributed by atoms with Gasteiger partial charge in [-0.25, -0.2) is 9.18 Å². The maximum absolute atomic E-state index is 13.5. The quantitative estimate of drug-likeness (QED) is 0.786. The minimum atomic E-state index is -0.783. The van der Waals surface area contributed by atoms with Crippen molar-refractivity contribution in [2.45, 2.75) is 58.6 Å². The first-order chi connectivity index (χ1) is 12.4. The van der Waals surface area contributed by atoms with Gasteiger partial charge in [-0.1, -0.05) is 19.1 Å². The van der Waals surface area contributed by atoms with Gasteiger partial charge < -0.3 is 9.64 Å². The van der Waals surface area contributed by atoms with Crippen molar-refractivity contribution in [1.29, 1.82) is 0 Å². The van der Waals surface area contributed by atoms with Gasteiger partial charge in [-0.2, -0.15) is 0 Å². The van der Waals surface area contributed by atoms with Gasteiger partial charge in [0.15, 0.2) is 0 Å². The lowest BCUT2D eigenvalue weighted by Gasteiger charge is -2.49. The Labute approximate surface area is 160 Å². The molecule has 0 bridgehead atoms. The summed E-state index contributed by atoms with van der Waals surface area (Å²) < 4.78 is 19.1. The standard InChI is InChI=1S/C21H29FN2O3/c1-19(2,3)27-18(26)24-13-12-23(17(25)20(4)10-11-20)14-21(24,5)15-6-8-16(22)9-7-15/h6-9H,10-14H2,1-5H3/t21-/m0/s1. The molecule has 1 saturated heterocycles. The van der Waals surface area contributed by atoms with E-state index in [4.69, 9.17) is 4.74 Å². The van der Waals surface area contributed by atoms with Gasteiger partial charge >= 0.3 is 6.09 Å². The van der Waals surface area contributed by atoms with Crippen LogP contribution < -0.4 is 0 Å². The van der Waals surface area contributed by atoms with Crippen LogP contribution in [0.1, 0.15) is 53.0 Å². The molecule has 1 aliphatic heterocycles. The Hall–Kier alpha value is -2.11. The first-order valence-corrected chi connectivity index (χ1v) is 9.51. The number of piperazine rings is 1. The van der Waals surface area contributed by atoms with Crippen molar-refractivity contribution >= 4 is 12.0 Å². The van der Waals surface area contributed by atoms with Crippen molar-refractivity contribution in [1.82, 2.24) is 9.80 Å². The number of hydrogen-bond acceptors (Lipinski definition) is 3. The van der Waals surface area contributed by atoms with Crippen LogP contribution in [0.25, 0.3) is 0 Å². The summed E-state index contributed by atoms with van der Waals surface area (Å²) in [4.78, 5) is 29.3. The summed E-state index contributed by atoms with van der Waals surface area (Å²) in [6.45, 7) is 10.6. The van der Waals surface area contributed by atoms with Crippen LogP contribution in [0.5, 0.6) is 0 Å². The number of carbonyl (C=O) groups excluding carboxylic acids is 2. The lowest BCUT2D eigenvalue weighted by Crippen LogP contribution is -2.62. The molecule has 148 valence electrons. The van der Waals surface area contributed by atoms with Crippen LogP contribution in [0.15, 0.2) is 24.3 Å². The molecule has 1 aromatic rings. The molecular weight excluding hydrogens is 347 g/mol. The predicted octanol–water partition coefficient (Wildman–Crippen LogP) is 3.92. The first-order valence-electron chi connectivity index (χ1n) is 9.51. The Bertz CT molecular complexity index is 737. The second kappa shape index (κ2) is 6.50. The Morgan fingerprint density at radius 3 is 2.19 bits per heavy atom. The molecule has 0 N–H and O–H groups in total. The normalized spacial score (nSPS) is 24.5. The third kappa shape index (κ3) is 3.94. The van der Waals surface area contributed by atoms with Gasteiger partial charge in [0, 0.05) is 25.0 Å². The summed E-state index contributed by atoms with van der Waals surface area (Å²) in [5, 5.41) is 0. The molecule has 6 heteroatoms. The van der Waals surface area contributed by atoms with E-state index in [-0.39, 0.29) is 17.1 Å². The number of nitrogens with zero attached hydrogens (tertiary/aromatic N) is 2. The average Bonchev–Trinajstić information content (AvgIpc) is 3.31. The van der Waals surface area contributed by atoms with Crippen LogP contribution in [0.4, 0.5) is 9.18 Å². The van der Waals surface area contributed by atoms with E-state index < -0.39 is 17.2 Å². The molecule has 3 rings (SSSR count). The van der Waals surface area contributed by atoms with Crippen molar-refractivity contribution < 1.29 is 18.7 Å². The number of halogens is 1. The fourth-order valence-corrected chi connectivity index (χ4v) is 3.63. The smallest absolute Gasteiger partial charge is 0.411 e. The van der Waals surface area contributed by atoms with Crippen LogP contribution in [0.3, 0.4) is 0 Å². The van der Waals surface area contributed by atoms with E-state index in [2.05, 4.69) is 0 Å². The van der Waals surface area contributed by atoms with E-state index in [0.29, 0.717) is 19.6 Å². The van der Waals surface area contributed by atoms with E-state index in [1.807, 2.05) is 39.5 Å². The lowest BCUT2D eigenvalue weighted by molar-refractivity contribution is -0.142. The number of amides is 2. The minimum absolute atomic E-state index is 0.139. The highest BCUT2D eigenvalue weighted by Gasteiger charge is 2.51. The van der Waals surface area contributed by atoms with E-state index in [1.165, 1.54) is 12.1 Å². The highest BCUT2D eigenvalue weighted by atomic mass is 19.1. The van der Waals surface area contributed by atoms with Crippen LogP contribution in [-0.2, 0) is 15.1 Å². The summed E-state index contributed by atoms with van der Waals surface area (Å²) in [6.07, 6.45) is 1.40. The largest absolute Gasteiger partial charge is 0.444 e. The third-order valence-corrected chi connectivity index (χ3v) is 5.57. The second-order valence-electron chi connectivity index (χ2n) is 9.20. The molecular formula is C21H29FN2O3. The van der Waals surface area contributed by atoms with Crippen molar-refractivity contribution in [3.8, 4) is 0 Å². The highest BCUT2D eigenvalue weighted by Crippen LogP contribution is 2.47. The fraction of sp³-hybridized carbons (Fsp3) is 0.619. The number of carbonyl (C=O) groups is 2. The zero-order valence-electron chi connectivity index (χ0n) is 16.8. The molecule has 2 fully saturated rings. The topological polar surface area (TPSA) is 49.9 Å². The van der Waals surface area contributed by atoms with Crippen molar-refractivity contribution in [3.05, 3.63) is 35.6 Å². The molecule has 0 spiro atoms. The monoisotopic (exact) mass is 376 g/mol. The van der Waals surface area contributed by atoms with Gasteiger partial charge in [-0.15, -0.1) is 0 Å². The van der Waals surface area contributed by atoms with Crippen LogP contribution in [0.2, 0.25) is 0 Å². The highest BCUT2D eigenvalue weighted by molar-refractivity contribution is 5.85. The Kier molecular flexibility index (Phi) is 4.73. The lowest BCUT2D eigenvalue weighted by atomic mass is 9.87. The minimum Gasteiger partial charge on any atom is -0.444 e. The molecule has 1 aromatic carbocycles. The third-order valence-electron chi connectivity index (χ3n) is 5.57. The number of ether oxygens (including phenoxy) is 1. The summed E-state index contributed by atoms with van der Waals surface area (Å²) in [6, 6.07) is 6.13. The van der Waals surface area contributed by atoms with Crippen molar-refractivity contribution in [2.24, 2.45) is 5.41 Å². The molecule has 1 atom stereocenters. The molecule has 5 nitrogen and oxygen atoms in total. The average molecular weight is 376 g/mol. The molecule has 2 amide bonds. The Morgan fingerprint density at radius 1 is 1.07 bits per heavy atom. The molecule has 0 unspecified atom stereocenters. The van der Waals surface area contributed by atoms with Gasteiger partial charge in [0.25, 0.3) is 0 Å². The molecule has 0 aromatic heterocycles. The van der Waals surface area contributed by atoms with E-state index in [9.17, 15) is 14.0 Å². The van der Waals surface area contributed by atoms with Gasteiger partial charge in [0.2, 0.25) is 5.91 Å². The molecule has 1 saturated carbocycles. The number of rotatable bonds is 2. The van der Waals surface area contributed by atoms with Gasteiger partial charge in [0.05, 0.1) is 5.54 Å². The zero-order valence-corrected chi connectivity index (χ0v) is 16.8. The number of benzene rings is 1. The predicted molar refractivity (Wildman–Crippen MR) is 101 cm³/mol. The maximum atomic E-state index is 13.5. The number of hydrogen-bond donors (Lipinski definition) is 0. The van der Waals surface area contributed by atoms with Crippen LogP contribution in [-0.4, -0.2) is 47.0 Å². The maximum Gasteiger partial charge on any atom is 0.411 e. The fourth-order valence-electron chi connectivity index (χ4n) is 3.63. The Balaban J connectivity index is 1.92. The SMILES string of the molecule is CC(C)(C)OC(=O)N1CCN(C(=O)C2(C)CC2)C[C@@]1(C)c1ccc(F)cc1.